The molecule has 1 aliphatic heterocycles. The topological polar surface area (TPSA) is 69.9 Å². The van der Waals surface area contributed by atoms with Crippen LogP contribution in [0.5, 0.6) is 0 Å². The lowest BCUT2D eigenvalue weighted by Crippen LogP contribution is -2.56. The SMILES string of the molecule is CC(C)NCCCCN(CCCCNC(C)C)C(C)CN(CCN(CCNC(C)C)C(C)(C)CC1NCC(C(C)C)CNC1C)C(C)C. The van der Waals surface area contributed by atoms with Crippen LogP contribution < -0.4 is 26.6 Å². The molecule has 0 saturated carbocycles. The molecule has 8 heteroatoms. The molecule has 0 aliphatic carbocycles. The molecule has 0 spiro atoms. The number of hydrogen-bond donors (Lipinski definition) is 5. The summed E-state index contributed by atoms with van der Waals surface area (Å²) in [6, 6.07) is 3.68. The summed E-state index contributed by atoms with van der Waals surface area (Å²) in [5.41, 5.74) is 0.0955. The van der Waals surface area contributed by atoms with Gasteiger partial charge < -0.3 is 26.6 Å². The Balaban J connectivity index is 2.96. The van der Waals surface area contributed by atoms with Crippen molar-refractivity contribution >= 4 is 0 Å². The van der Waals surface area contributed by atoms with Crippen molar-refractivity contribution in [2.45, 2.75) is 177 Å². The van der Waals surface area contributed by atoms with Gasteiger partial charge in [-0.1, -0.05) is 55.4 Å². The van der Waals surface area contributed by atoms with Gasteiger partial charge in [0.05, 0.1) is 0 Å². The zero-order valence-electron chi connectivity index (χ0n) is 34.9. The second kappa shape index (κ2) is 24.8. The second-order valence-corrected chi connectivity index (χ2v) is 17.4. The first kappa shape index (κ1) is 45.7. The molecule has 0 amide bonds. The first-order valence-electron chi connectivity index (χ1n) is 20.4. The van der Waals surface area contributed by atoms with Crippen LogP contribution in [0.3, 0.4) is 0 Å². The van der Waals surface area contributed by atoms with Crippen molar-refractivity contribution in [1.82, 2.24) is 41.3 Å². The molecule has 4 atom stereocenters. The molecule has 8 nitrogen and oxygen atoms in total. The summed E-state index contributed by atoms with van der Waals surface area (Å²) in [7, 11) is 0. The van der Waals surface area contributed by atoms with Crippen LogP contribution >= 0.6 is 0 Å². The average molecular weight is 681 g/mol. The van der Waals surface area contributed by atoms with Crippen molar-refractivity contribution in [2.75, 3.05) is 72.0 Å². The van der Waals surface area contributed by atoms with E-state index in [9.17, 15) is 0 Å². The van der Waals surface area contributed by atoms with E-state index < -0.39 is 0 Å². The van der Waals surface area contributed by atoms with E-state index in [4.69, 9.17) is 0 Å². The van der Waals surface area contributed by atoms with E-state index in [-0.39, 0.29) is 5.54 Å². The van der Waals surface area contributed by atoms with Crippen molar-refractivity contribution in [3.8, 4) is 0 Å². The molecule has 48 heavy (non-hydrogen) atoms. The lowest BCUT2D eigenvalue weighted by molar-refractivity contribution is 0.0652. The Bertz CT molecular complexity index is 752. The van der Waals surface area contributed by atoms with Crippen LogP contribution in [0.1, 0.15) is 129 Å². The predicted molar refractivity (Wildman–Crippen MR) is 213 cm³/mol. The monoisotopic (exact) mass is 681 g/mol. The lowest BCUT2D eigenvalue weighted by Gasteiger charge is -2.44. The normalized spacial score (nSPS) is 20.5. The summed E-state index contributed by atoms with van der Waals surface area (Å²) in [5, 5.41) is 18.8. The van der Waals surface area contributed by atoms with Gasteiger partial charge in [0.25, 0.3) is 0 Å². The van der Waals surface area contributed by atoms with Crippen molar-refractivity contribution in [2.24, 2.45) is 11.8 Å². The molecule has 5 N–H and O–H groups in total. The largest absolute Gasteiger partial charge is 0.315 e. The summed E-state index contributed by atoms with van der Waals surface area (Å²) >= 11 is 0. The highest BCUT2D eigenvalue weighted by molar-refractivity contribution is 4.94. The van der Waals surface area contributed by atoms with E-state index in [1.54, 1.807) is 0 Å². The summed E-state index contributed by atoms with van der Waals surface area (Å²) in [4.78, 5) is 8.35. The van der Waals surface area contributed by atoms with E-state index in [0.29, 0.717) is 54.1 Å². The third-order valence-electron chi connectivity index (χ3n) is 10.8. The molecule has 1 aliphatic rings. The molecule has 0 bridgehead atoms. The molecule has 0 radical (unpaired) electrons. The average Bonchev–Trinajstić information content (AvgIpc) is 3.16. The molecule has 1 heterocycles. The van der Waals surface area contributed by atoms with Crippen LogP contribution in [0.4, 0.5) is 0 Å². The zero-order chi connectivity index (χ0) is 36.3. The number of hydrogen-bond acceptors (Lipinski definition) is 8. The molecule has 0 aromatic carbocycles. The molecule has 1 rings (SSSR count). The van der Waals surface area contributed by atoms with Crippen LogP contribution in [-0.2, 0) is 0 Å². The Morgan fingerprint density at radius 2 is 1.15 bits per heavy atom. The second-order valence-electron chi connectivity index (χ2n) is 17.4. The van der Waals surface area contributed by atoms with Crippen LogP contribution in [0, 0.1) is 11.8 Å². The molecule has 0 aromatic rings. The molecular weight excluding hydrogens is 592 g/mol. The van der Waals surface area contributed by atoms with Gasteiger partial charge in [-0.3, -0.25) is 14.7 Å². The smallest absolute Gasteiger partial charge is 0.0236 e. The summed E-state index contributed by atoms with van der Waals surface area (Å²) < 4.78 is 0. The highest BCUT2D eigenvalue weighted by Gasteiger charge is 2.34. The van der Waals surface area contributed by atoms with E-state index in [2.05, 4.69) is 138 Å². The minimum absolute atomic E-state index is 0.0955. The van der Waals surface area contributed by atoms with E-state index in [1.807, 2.05) is 0 Å². The number of rotatable bonds is 27. The molecule has 288 valence electrons. The molecular formula is C40H88N8. The van der Waals surface area contributed by atoms with Gasteiger partial charge in [-0.05, 0) is 125 Å². The fourth-order valence-corrected chi connectivity index (χ4v) is 7.10. The van der Waals surface area contributed by atoms with Crippen LogP contribution in [0.15, 0.2) is 0 Å². The van der Waals surface area contributed by atoms with Gasteiger partial charge in [0, 0.05) is 80.6 Å². The number of unbranched alkanes of at least 4 members (excludes halogenated alkanes) is 2. The maximum absolute atomic E-state index is 4.00. The van der Waals surface area contributed by atoms with E-state index >= 15 is 0 Å². The standard InChI is InChI=1S/C40H88N8/c1-31(2)38-28-44-37(12)39(45-29-38)27-40(13,14)48(24-21-43-34(7)8)26-25-47(35(9)10)30-36(11)46(22-17-15-19-41-32(3)4)23-18-16-20-42-33(5)6/h31-39,41-45H,15-30H2,1-14H3. The predicted octanol–water partition coefficient (Wildman–Crippen LogP) is 5.63. The van der Waals surface area contributed by atoms with E-state index in [1.165, 1.54) is 38.8 Å². The molecule has 1 fully saturated rings. The van der Waals surface area contributed by atoms with Gasteiger partial charge in [-0.2, -0.15) is 0 Å². The van der Waals surface area contributed by atoms with Gasteiger partial charge >= 0.3 is 0 Å². The quantitative estimate of drug-likeness (QED) is 0.0716. The fourth-order valence-electron chi connectivity index (χ4n) is 7.10. The van der Waals surface area contributed by atoms with Gasteiger partial charge in [-0.25, -0.2) is 0 Å². The first-order valence-corrected chi connectivity index (χ1v) is 20.4. The van der Waals surface area contributed by atoms with Crippen molar-refractivity contribution in [3.63, 3.8) is 0 Å². The Labute approximate surface area is 301 Å². The molecule has 0 aromatic heterocycles. The van der Waals surface area contributed by atoms with Crippen LogP contribution in [-0.4, -0.2) is 135 Å². The van der Waals surface area contributed by atoms with Crippen LogP contribution in [0.25, 0.3) is 0 Å². The summed E-state index contributed by atoms with van der Waals surface area (Å²) in [6.07, 6.45) is 6.18. The lowest BCUT2D eigenvalue weighted by atomic mass is 9.89. The zero-order valence-corrected chi connectivity index (χ0v) is 34.9. The molecule has 4 unspecified atom stereocenters. The summed E-state index contributed by atoms with van der Waals surface area (Å²) in [6.45, 7) is 45.2. The third-order valence-corrected chi connectivity index (χ3v) is 10.8. The Morgan fingerprint density at radius 1 is 0.625 bits per heavy atom. The number of nitrogens with one attached hydrogen (secondary N) is 5. The van der Waals surface area contributed by atoms with Crippen LogP contribution in [0.2, 0.25) is 0 Å². The van der Waals surface area contributed by atoms with Crippen molar-refractivity contribution in [1.29, 1.82) is 0 Å². The highest BCUT2D eigenvalue weighted by atomic mass is 15.3. The van der Waals surface area contributed by atoms with Crippen molar-refractivity contribution < 1.29 is 0 Å². The first-order chi connectivity index (χ1) is 22.5. The fraction of sp³-hybridized carbons (Fsp3) is 1.00. The Kier molecular flexibility index (Phi) is 23.6. The van der Waals surface area contributed by atoms with Gasteiger partial charge in [0.15, 0.2) is 0 Å². The third kappa shape index (κ3) is 19.9. The maximum Gasteiger partial charge on any atom is 0.0236 e. The Morgan fingerprint density at radius 3 is 1.65 bits per heavy atom. The van der Waals surface area contributed by atoms with Gasteiger partial charge in [-0.15, -0.1) is 0 Å². The number of nitrogens with zero attached hydrogens (tertiary/aromatic N) is 3. The Hall–Kier alpha value is -0.320. The minimum Gasteiger partial charge on any atom is -0.315 e. The van der Waals surface area contributed by atoms with Gasteiger partial charge in [0.2, 0.25) is 0 Å². The van der Waals surface area contributed by atoms with Crippen molar-refractivity contribution in [3.05, 3.63) is 0 Å². The highest BCUT2D eigenvalue weighted by Crippen LogP contribution is 2.24. The molecule has 1 saturated heterocycles. The van der Waals surface area contributed by atoms with E-state index in [0.717, 1.165) is 65.3 Å². The van der Waals surface area contributed by atoms with Gasteiger partial charge in [0.1, 0.15) is 0 Å². The minimum atomic E-state index is 0.0955. The summed E-state index contributed by atoms with van der Waals surface area (Å²) in [5.74, 6) is 1.40. The maximum atomic E-state index is 4.00.